The number of phenolic OH excluding ortho intramolecular Hbond substituents is 1. The van der Waals surface area contributed by atoms with E-state index in [9.17, 15) is 15.0 Å². The zero-order valence-electron chi connectivity index (χ0n) is 11.9. The largest absolute Gasteiger partial charge is 0.504 e. The molecule has 2 aromatic rings. The first-order chi connectivity index (χ1) is 10.6. The molecule has 3 N–H and O–H groups in total. The Morgan fingerprint density at radius 3 is 2.68 bits per heavy atom. The number of carbonyl (C=O) groups is 1. The third-order valence-corrected chi connectivity index (χ3v) is 2.96. The van der Waals surface area contributed by atoms with E-state index in [1.807, 2.05) is 0 Å². The Morgan fingerprint density at radius 2 is 2.00 bits per heavy atom. The molecule has 0 saturated carbocycles. The number of hydrazone groups is 1. The number of benzene rings is 2. The molecular weight excluding hydrogens is 284 g/mol. The Morgan fingerprint density at radius 1 is 1.27 bits per heavy atom. The number of aromatic hydroxyl groups is 1. The van der Waals surface area contributed by atoms with Crippen LogP contribution in [0, 0.1) is 0 Å². The van der Waals surface area contributed by atoms with E-state index in [1.54, 1.807) is 42.5 Å². The molecule has 0 heterocycles. The summed E-state index contributed by atoms with van der Waals surface area (Å²) in [6.45, 7) is 0. The average molecular weight is 300 g/mol. The predicted molar refractivity (Wildman–Crippen MR) is 81.8 cm³/mol. The molecule has 0 aromatic heterocycles. The third kappa shape index (κ3) is 3.83. The molecule has 2 aromatic carbocycles. The van der Waals surface area contributed by atoms with Crippen molar-refractivity contribution in [1.82, 2.24) is 5.43 Å². The minimum atomic E-state index is -1.28. The lowest BCUT2D eigenvalue weighted by Gasteiger charge is -2.08. The van der Waals surface area contributed by atoms with Gasteiger partial charge in [0.15, 0.2) is 17.6 Å². The second kappa shape index (κ2) is 7.24. The highest BCUT2D eigenvalue weighted by molar-refractivity contribution is 5.85. The van der Waals surface area contributed by atoms with Gasteiger partial charge < -0.3 is 14.9 Å². The molecule has 0 aliphatic rings. The van der Waals surface area contributed by atoms with Crippen molar-refractivity contribution in [2.24, 2.45) is 5.10 Å². The van der Waals surface area contributed by atoms with Crippen molar-refractivity contribution >= 4 is 12.1 Å². The quantitative estimate of drug-likeness (QED) is 0.577. The fourth-order valence-corrected chi connectivity index (χ4v) is 1.79. The molecule has 0 aliphatic heterocycles. The molecule has 0 saturated heterocycles. The molecular formula is C16H16N2O4. The van der Waals surface area contributed by atoms with E-state index in [0.717, 1.165) is 0 Å². The monoisotopic (exact) mass is 300 g/mol. The highest BCUT2D eigenvalue weighted by Gasteiger charge is 2.15. The first-order valence-electron chi connectivity index (χ1n) is 6.54. The maximum absolute atomic E-state index is 11.8. The minimum Gasteiger partial charge on any atom is -0.504 e. The van der Waals surface area contributed by atoms with Gasteiger partial charge in [-0.25, -0.2) is 5.43 Å². The van der Waals surface area contributed by atoms with Crippen LogP contribution < -0.4 is 10.2 Å². The highest BCUT2D eigenvalue weighted by atomic mass is 16.5. The Hall–Kier alpha value is -2.86. The fourth-order valence-electron chi connectivity index (χ4n) is 1.79. The van der Waals surface area contributed by atoms with Gasteiger partial charge in [-0.1, -0.05) is 30.3 Å². The number of phenols is 1. The van der Waals surface area contributed by atoms with Crippen LogP contribution in [0.25, 0.3) is 0 Å². The Bertz CT molecular complexity index is 671. The van der Waals surface area contributed by atoms with Crippen LogP contribution in [0.2, 0.25) is 0 Å². The van der Waals surface area contributed by atoms with Crippen molar-refractivity contribution < 1.29 is 19.7 Å². The molecule has 6 heteroatoms. The van der Waals surface area contributed by atoms with Crippen molar-refractivity contribution in [3.05, 3.63) is 59.7 Å². The van der Waals surface area contributed by atoms with Crippen molar-refractivity contribution in [1.29, 1.82) is 0 Å². The fraction of sp³-hybridized carbons (Fsp3) is 0.125. The van der Waals surface area contributed by atoms with Gasteiger partial charge in [0, 0.05) is 0 Å². The Labute approximate surface area is 127 Å². The lowest BCUT2D eigenvalue weighted by atomic mass is 10.1. The molecule has 0 spiro atoms. The second-order valence-corrected chi connectivity index (χ2v) is 4.48. The van der Waals surface area contributed by atoms with Gasteiger partial charge in [0.1, 0.15) is 0 Å². The number of ether oxygens (including phenoxy) is 1. The highest BCUT2D eigenvalue weighted by Crippen LogP contribution is 2.25. The molecule has 2 rings (SSSR count). The molecule has 1 unspecified atom stereocenters. The molecule has 1 atom stereocenters. The average Bonchev–Trinajstić information content (AvgIpc) is 2.56. The van der Waals surface area contributed by atoms with E-state index in [-0.39, 0.29) is 5.75 Å². The zero-order chi connectivity index (χ0) is 15.9. The summed E-state index contributed by atoms with van der Waals surface area (Å²) in [5.74, 6) is -0.309. The second-order valence-electron chi connectivity index (χ2n) is 4.48. The van der Waals surface area contributed by atoms with Gasteiger partial charge in [0.25, 0.3) is 5.91 Å². The van der Waals surface area contributed by atoms with Gasteiger partial charge in [-0.3, -0.25) is 4.79 Å². The lowest BCUT2D eigenvalue weighted by Crippen LogP contribution is -2.25. The summed E-state index contributed by atoms with van der Waals surface area (Å²) in [4.78, 5) is 11.8. The van der Waals surface area contributed by atoms with Crippen LogP contribution in [0.3, 0.4) is 0 Å². The molecule has 0 radical (unpaired) electrons. The van der Waals surface area contributed by atoms with Gasteiger partial charge in [-0.05, 0) is 29.3 Å². The number of nitrogens with one attached hydrogen (secondary N) is 1. The molecule has 22 heavy (non-hydrogen) atoms. The number of nitrogens with zero attached hydrogens (tertiary/aromatic N) is 1. The van der Waals surface area contributed by atoms with E-state index in [0.29, 0.717) is 16.9 Å². The molecule has 1 amide bonds. The number of rotatable bonds is 5. The van der Waals surface area contributed by atoms with Gasteiger partial charge in [-0.2, -0.15) is 5.10 Å². The minimum absolute atomic E-state index is 0.0168. The van der Waals surface area contributed by atoms with Crippen LogP contribution in [0.5, 0.6) is 11.5 Å². The number of hydrogen-bond acceptors (Lipinski definition) is 5. The van der Waals surface area contributed by atoms with Gasteiger partial charge in [0.2, 0.25) is 0 Å². The summed E-state index contributed by atoms with van der Waals surface area (Å²) < 4.78 is 4.97. The summed E-state index contributed by atoms with van der Waals surface area (Å²) in [5, 5.41) is 23.1. The van der Waals surface area contributed by atoms with Gasteiger partial charge in [-0.15, -0.1) is 0 Å². The van der Waals surface area contributed by atoms with Crippen LogP contribution in [0.1, 0.15) is 17.2 Å². The molecule has 0 bridgehead atoms. The van der Waals surface area contributed by atoms with Crippen LogP contribution in [-0.2, 0) is 4.79 Å². The van der Waals surface area contributed by atoms with Crippen LogP contribution in [0.15, 0.2) is 53.6 Å². The predicted octanol–water partition coefficient (Wildman–Crippen LogP) is 1.58. The third-order valence-electron chi connectivity index (χ3n) is 2.96. The van der Waals surface area contributed by atoms with Crippen molar-refractivity contribution in [2.75, 3.05) is 7.11 Å². The van der Waals surface area contributed by atoms with E-state index in [4.69, 9.17) is 4.74 Å². The van der Waals surface area contributed by atoms with Crippen LogP contribution in [0.4, 0.5) is 0 Å². The SMILES string of the molecule is COc1cc(C=NNC(=O)C(O)c2ccccc2)ccc1O. The van der Waals surface area contributed by atoms with Crippen molar-refractivity contribution in [3.8, 4) is 11.5 Å². The normalized spacial score (nSPS) is 12.1. The smallest absolute Gasteiger partial charge is 0.273 e. The van der Waals surface area contributed by atoms with Crippen molar-refractivity contribution in [2.45, 2.75) is 6.10 Å². The number of carbonyl (C=O) groups excluding carboxylic acids is 1. The summed E-state index contributed by atoms with van der Waals surface area (Å²) in [5.41, 5.74) is 3.38. The summed E-state index contributed by atoms with van der Waals surface area (Å²) in [6.07, 6.45) is 0.102. The van der Waals surface area contributed by atoms with Gasteiger partial charge in [0.05, 0.1) is 13.3 Å². The number of aliphatic hydroxyl groups excluding tert-OH is 1. The standard InChI is InChI=1S/C16H16N2O4/c1-22-14-9-11(7-8-13(14)19)10-17-18-16(21)15(20)12-5-3-2-4-6-12/h2-10,15,19-20H,1H3,(H,18,21). The summed E-state index contributed by atoms with van der Waals surface area (Å²) >= 11 is 0. The Balaban J connectivity index is 1.99. The van der Waals surface area contributed by atoms with E-state index in [1.165, 1.54) is 19.4 Å². The number of amides is 1. The van der Waals surface area contributed by atoms with Crippen LogP contribution >= 0.6 is 0 Å². The topological polar surface area (TPSA) is 91.2 Å². The van der Waals surface area contributed by atoms with E-state index in [2.05, 4.69) is 10.5 Å². The number of hydrogen-bond donors (Lipinski definition) is 3. The Kier molecular flexibility index (Phi) is 5.11. The number of methoxy groups -OCH3 is 1. The lowest BCUT2D eigenvalue weighted by molar-refractivity contribution is -0.129. The van der Waals surface area contributed by atoms with Crippen LogP contribution in [-0.4, -0.2) is 29.4 Å². The summed E-state index contributed by atoms with van der Waals surface area (Å²) in [7, 11) is 1.44. The first kappa shape index (κ1) is 15.5. The van der Waals surface area contributed by atoms with E-state index >= 15 is 0 Å². The number of aliphatic hydroxyl groups is 1. The maximum Gasteiger partial charge on any atom is 0.273 e. The molecule has 0 fully saturated rings. The molecule has 6 nitrogen and oxygen atoms in total. The van der Waals surface area contributed by atoms with Gasteiger partial charge >= 0.3 is 0 Å². The first-order valence-corrected chi connectivity index (χ1v) is 6.54. The van der Waals surface area contributed by atoms with Crippen molar-refractivity contribution in [3.63, 3.8) is 0 Å². The molecule has 0 aliphatic carbocycles. The summed E-state index contributed by atoms with van der Waals surface area (Å²) in [6, 6.07) is 13.2. The maximum atomic E-state index is 11.8. The molecule has 114 valence electrons. The van der Waals surface area contributed by atoms with E-state index < -0.39 is 12.0 Å². The zero-order valence-corrected chi connectivity index (χ0v) is 11.9.